The Hall–Kier alpha value is -3.13. The fourth-order valence-electron chi connectivity index (χ4n) is 6.68. The maximum Gasteiger partial charge on any atom is 0.209 e. The Kier molecular flexibility index (Phi) is 6.88. The molecule has 2 saturated heterocycles. The normalized spacial score (nSPS) is 23.6. The molecule has 1 spiro atoms. The number of halogens is 1. The highest BCUT2D eigenvalue weighted by molar-refractivity contribution is 6.33. The van der Waals surface area contributed by atoms with E-state index in [1.165, 1.54) is 0 Å². The van der Waals surface area contributed by atoms with Gasteiger partial charge in [0.05, 0.1) is 29.7 Å². The van der Waals surface area contributed by atoms with Crippen molar-refractivity contribution in [2.75, 3.05) is 42.5 Å². The molecule has 1 amide bonds. The molecule has 1 atom stereocenters. The molecule has 0 bridgehead atoms. The molecule has 2 aromatic heterocycles. The van der Waals surface area contributed by atoms with Crippen LogP contribution in [0.25, 0.3) is 5.57 Å². The number of amides is 1. The Morgan fingerprint density at radius 1 is 1.24 bits per heavy atom. The van der Waals surface area contributed by atoms with E-state index in [1.807, 2.05) is 24.1 Å². The van der Waals surface area contributed by atoms with Crippen molar-refractivity contribution in [1.82, 2.24) is 24.9 Å². The summed E-state index contributed by atoms with van der Waals surface area (Å²) < 4.78 is 2.21. The molecule has 38 heavy (non-hydrogen) atoms. The Bertz CT molecular complexity index is 1270. The second-order valence-corrected chi connectivity index (χ2v) is 12.0. The fraction of sp³-hybridized carbons (Fsp3) is 0.517. The Morgan fingerprint density at radius 3 is 2.55 bits per heavy atom. The van der Waals surface area contributed by atoms with Gasteiger partial charge in [0, 0.05) is 60.0 Å². The molecule has 1 saturated carbocycles. The summed E-state index contributed by atoms with van der Waals surface area (Å²) in [5, 5.41) is 14.1. The van der Waals surface area contributed by atoms with Gasteiger partial charge in [-0.3, -0.25) is 9.48 Å². The van der Waals surface area contributed by atoms with Gasteiger partial charge in [-0.1, -0.05) is 37.8 Å². The molecule has 2 aromatic rings. The van der Waals surface area contributed by atoms with Crippen LogP contribution in [-0.2, 0) is 4.79 Å². The van der Waals surface area contributed by atoms with Crippen molar-refractivity contribution in [1.29, 1.82) is 0 Å². The minimum Gasteiger partial charge on any atom is -0.366 e. The van der Waals surface area contributed by atoms with Crippen molar-refractivity contribution in [3.05, 3.63) is 59.6 Å². The summed E-state index contributed by atoms with van der Waals surface area (Å²) in [6.45, 7) is 21.1. The highest BCUT2D eigenvalue weighted by Crippen LogP contribution is 2.55. The molecular weight excluding hydrogens is 498 g/mol. The predicted octanol–water partition coefficient (Wildman–Crippen LogP) is 4.98. The fourth-order valence-corrected chi connectivity index (χ4v) is 6.90. The van der Waals surface area contributed by atoms with Gasteiger partial charge in [0.15, 0.2) is 5.82 Å². The van der Waals surface area contributed by atoms with Crippen LogP contribution in [0.4, 0.5) is 11.5 Å². The standard InChI is InChI=1S/C29H38ClN7O/c1-7-20(3)25(21(4)30)26-22(5)37(24-13-29(14-24)17-34(18-29)19-38)33-27(26)36-12-11-35(16-28(36,6)8-2)23-9-10-31-32-15-23/h7,9-10,15,19,24H,1,3,8,11-14,16-18H2,2,4-6H3/b25-21-/t28-/m0/s1. The van der Waals surface area contributed by atoms with E-state index in [9.17, 15) is 4.79 Å². The first-order valence-electron chi connectivity index (χ1n) is 13.4. The number of aromatic nitrogens is 4. The quantitative estimate of drug-likeness (QED) is 0.350. The van der Waals surface area contributed by atoms with E-state index in [0.29, 0.717) is 11.1 Å². The smallest absolute Gasteiger partial charge is 0.209 e. The van der Waals surface area contributed by atoms with Gasteiger partial charge in [-0.15, -0.1) is 0 Å². The number of likely N-dealkylation sites (tertiary alicyclic amines) is 1. The molecule has 9 heteroatoms. The zero-order valence-electron chi connectivity index (χ0n) is 23.0. The molecule has 1 aliphatic carbocycles. The van der Waals surface area contributed by atoms with Crippen LogP contribution in [-0.4, -0.2) is 69.6 Å². The zero-order chi connectivity index (χ0) is 27.2. The number of allylic oxidation sites excluding steroid dienone is 4. The van der Waals surface area contributed by atoms with Crippen LogP contribution in [0.15, 0.2) is 48.3 Å². The lowest BCUT2D eigenvalue weighted by Crippen LogP contribution is -2.62. The summed E-state index contributed by atoms with van der Waals surface area (Å²) in [6, 6.07) is 2.33. The third-order valence-corrected chi connectivity index (χ3v) is 9.12. The van der Waals surface area contributed by atoms with Gasteiger partial charge < -0.3 is 14.7 Å². The van der Waals surface area contributed by atoms with Crippen LogP contribution in [0.2, 0.25) is 0 Å². The highest BCUT2D eigenvalue weighted by atomic mass is 35.5. The number of rotatable bonds is 8. The van der Waals surface area contributed by atoms with E-state index in [4.69, 9.17) is 16.7 Å². The second-order valence-electron chi connectivity index (χ2n) is 11.5. The lowest BCUT2D eigenvalue weighted by atomic mass is 9.61. The van der Waals surface area contributed by atoms with Crippen molar-refractivity contribution in [2.45, 2.75) is 58.5 Å². The van der Waals surface area contributed by atoms with Crippen molar-refractivity contribution < 1.29 is 4.79 Å². The summed E-state index contributed by atoms with van der Waals surface area (Å²) in [4.78, 5) is 17.9. The SMILES string of the molecule is C=CC(=C)/C(=C(\C)Cl)c1c(N2CCN(c3ccnnc3)C[C@]2(C)CC)nn(C2CC3(C2)CN(C=O)C3)c1C. The topological polar surface area (TPSA) is 70.4 Å². The largest absolute Gasteiger partial charge is 0.366 e. The van der Waals surface area contributed by atoms with E-state index in [1.54, 1.807) is 12.3 Å². The van der Waals surface area contributed by atoms with Crippen LogP contribution in [0.1, 0.15) is 57.3 Å². The number of piperazine rings is 1. The molecule has 0 unspecified atom stereocenters. The van der Waals surface area contributed by atoms with Gasteiger partial charge >= 0.3 is 0 Å². The van der Waals surface area contributed by atoms with Gasteiger partial charge in [-0.05, 0) is 51.7 Å². The summed E-state index contributed by atoms with van der Waals surface area (Å²) in [5.74, 6) is 0.960. The summed E-state index contributed by atoms with van der Waals surface area (Å²) in [6.07, 6.45) is 9.33. The van der Waals surface area contributed by atoms with Crippen LogP contribution >= 0.6 is 11.6 Å². The van der Waals surface area contributed by atoms with Crippen molar-refractivity contribution in [3.8, 4) is 0 Å². The highest BCUT2D eigenvalue weighted by Gasteiger charge is 2.53. The summed E-state index contributed by atoms with van der Waals surface area (Å²) >= 11 is 6.74. The molecule has 3 fully saturated rings. The number of carbonyl (C=O) groups excluding carboxylic acids is 1. The van der Waals surface area contributed by atoms with Crippen molar-refractivity contribution in [3.63, 3.8) is 0 Å². The number of anilines is 2. The van der Waals surface area contributed by atoms with Crippen molar-refractivity contribution in [2.24, 2.45) is 5.41 Å². The monoisotopic (exact) mass is 535 g/mol. The van der Waals surface area contributed by atoms with Crippen LogP contribution in [0, 0.1) is 12.3 Å². The first-order chi connectivity index (χ1) is 18.1. The molecule has 5 rings (SSSR count). The molecule has 0 N–H and O–H groups in total. The number of hydrogen-bond acceptors (Lipinski definition) is 6. The van der Waals surface area contributed by atoms with Crippen molar-refractivity contribution >= 4 is 35.1 Å². The number of nitrogens with zero attached hydrogens (tertiary/aromatic N) is 7. The average molecular weight is 536 g/mol. The average Bonchev–Trinajstić information content (AvgIpc) is 3.18. The zero-order valence-corrected chi connectivity index (χ0v) is 23.7. The van der Waals surface area contributed by atoms with Gasteiger partial charge in [0.25, 0.3) is 0 Å². The van der Waals surface area contributed by atoms with Crippen LogP contribution in [0.5, 0.6) is 0 Å². The molecule has 0 radical (unpaired) electrons. The van der Waals surface area contributed by atoms with Gasteiger partial charge in [-0.2, -0.15) is 15.3 Å². The molecular formula is C29H38ClN7O. The van der Waals surface area contributed by atoms with Gasteiger partial charge in [-0.25, -0.2) is 0 Å². The summed E-state index contributed by atoms with van der Waals surface area (Å²) in [7, 11) is 0. The van der Waals surface area contributed by atoms with Crippen LogP contribution < -0.4 is 9.80 Å². The van der Waals surface area contributed by atoms with E-state index >= 15 is 0 Å². The molecule has 3 aliphatic rings. The maximum absolute atomic E-state index is 11.1. The Morgan fingerprint density at radius 2 is 1.97 bits per heavy atom. The van der Waals surface area contributed by atoms with E-state index < -0.39 is 0 Å². The molecule has 2 aliphatic heterocycles. The third-order valence-electron chi connectivity index (χ3n) is 8.93. The van der Waals surface area contributed by atoms with Crippen LogP contribution in [0.3, 0.4) is 0 Å². The lowest BCUT2D eigenvalue weighted by Gasteiger charge is -2.58. The molecule has 4 heterocycles. The van der Waals surface area contributed by atoms with E-state index in [2.05, 4.69) is 58.6 Å². The van der Waals surface area contributed by atoms with E-state index in [-0.39, 0.29) is 11.0 Å². The molecule has 8 nitrogen and oxygen atoms in total. The second kappa shape index (κ2) is 9.88. The first-order valence-corrected chi connectivity index (χ1v) is 13.8. The Balaban J connectivity index is 1.54. The minimum absolute atomic E-state index is 0.165. The van der Waals surface area contributed by atoms with E-state index in [0.717, 1.165) is 92.3 Å². The lowest BCUT2D eigenvalue weighted by molar-refractivity contribution is -0.140. The van der Waals surface area contributed by atoms with Gasteiger partial charge in [0.2, 0.25) is 6.41 Å². The molecule has 0 aromatic carbocycles. The third kappa shape index (κ3) is 4.32. The number of hydrogen-bond donors (Lipinski definition) is 0. The predicted molar refractivity (Wildman–Crippen MR) is 153 cm³/mol. The summed E-state index contributed by atoms with van der Waals surface area (Å²) in [5.41, 5.74) is 5.02. The Labute approximate surface area is 230 Å². The maximum atomic E-state index is 11.1. The number of carbonyl (C=O) groups is 1. The van der Waals surface area contributed by atoms with Gasteiger partial charge in [0.1, 0.15) is 0 Å². The minimum atomic E-state index is -0.165. The first kappa shape index (κ1) is 26.5. The molecule has 202 valence electrons.